The Bertz CT molecular complexity index is 741. The molecule has 0 amide bonds. The van der Waals surface area contributed by atoms with Crippen LogP contribution in [0.4, 0.5) is 0 Å². The number of nitrogens with zero attached hydrogens (tertiary/aromatic N) is 3. The van der Waals surface area contributed by atoms with E-state index >= 15 is 0 Å². The Hall–Kier alpha value is -2.00. The molecule has 1 atom stereocenters. The van der Waals surface area contributed by atoms with Crippen LogP contribution in [0.15, 0.2) is 47.7 Å². The topological polar surface area (TPSA) is 28.5 Å². The first-order valence-electron chi connectivity index (χ1n) is 8.62. The van der Waals surface area contributed by atoms with Gasteiger partial charge in [0.15, 0.2) is 0 Å². The quantitative estimate of drug-likeness (QED) is 0.829. The van der Waals surface area contributed by atoms with Gasteiger partial charge in [-0.15, -0.1) is 0 Å². The molecule has 2 aromatic rings. The van der Waals surface area contributed by atoms with Crippen LogP contribution in [0, 0.1) is 12.3 Å². The van der Waals surface area contributed by atoms with Crippen molar-refractivity contribution in [1.82, 2.24) is 9.88 Å². The normalized spacial score (nSPS) is 18.7. The highest BCUT2D eigenvalue weighted by molar-refractivity contribution is 6.05. The number of aryl methyl sites for hydroxylation is 1. The van der Waals surface area contributed by atoms with Crippen LogP contribution < -0.4 is 0 Å². The molecule has 1 aromatic carbocycles. The number of aromatic nitrogens is 1. The number of benzene rings is 1. The third kappa shape index (κ3) is 3.73. The lowest BCUT2D eigenvalue weighted by atomic mass is 9.90. The number of hydrogen-bond donors (Lipinski definition) is 0. The smallest absolute Gasteiger partial charge is 0.103 e. The third-order valence-electron chi connectivity index (χ3n) is 4.57. The van der Waals surface area contributed by atoms with E-state index in [2.05, 4.69) is 75.0 Å². The summed E-state index contributed by atoms with van der Waals surface area (Å²) in [5, 5.41) is 0. The van der Waals surface area contributed by atoms with Gasteiger partial charge in [-0.3, -0.25) is 14.9 Å². The zero-order valence-corrected chi connectivity index (χ0v) is 15.4. The van der Waals surface area contributed by atoms with Crippen molar-refractivity contribution in [2.75, 3.05) is 13.6 Å². The molecule has 0 fully saturated rings. The maximum Gasteiger partial charge on any atom is 0.103 e. The first-order chi connectivity index (χ1) is 11.3. The predicted molar refractivity (Wildman–Crippen MR) is 101 cm³/mol. The van der Waals surface area contributed by atoms with Crippen molar-refractivity contribution < 1.29 is 0 Å². The van der Waals surface area contributed by atoms with Gasteiger partial charge in [-0.2, -0.15) is 0 Å². The summed E-state index contributed by atoms with van der Waals surface area (Å²) in [6.07, 6.45) is 5.05. The predicted octanol–water partition coefficient (Wildman–Crippen LogP) is 4.55. The number of rotatable bonds is 3. The van der Waals surface area contributed by atoms with Gasteiger partial charge in [0.1, 0.15) is 6.17 Å². The Balaban J connectivity index is 1.93. The molecule has 3 rings (SSSR count). The van der Waals surface area contributed by atoms with Crippen LogP contribution in [0.3, 0.4) is 0 Å². The van der Waals surface area contributed by atoms with Crippen LogP contribution in [-0.4, -0.2) is 35.4 Å². The molecule has 1 aromatic heterocycles. The highest BCUT2D eigenvalue weighted by Gasteiger charge is 2.28. The maximum atomic E-state index is 5.05. The van der Waals surface area contributed by atoms with Crippen LogP contribution in [0.25, 0.3) is 11.1 Å². The number of aliphatic imine (C=N–C) groups is 1. The molecule has 126 valence electrons. The van der Waals surface area contributed by atoms with Crippen molar-refractivity contribution in [2.24, 2.45) is 10.4 Å². The largest absolute Gasteiger partial charge is 0.279 e. The summed E-state index contributed by atoms with van der Waals surface area (Å²) >= 11 is 0. The fourth-order valence-electron chi connectivity index (χ4n) is 3.22. The highest BCUT2D eigenvalue weighted by atomic mass is 15.3. The van der Waals surface area contributed by atoms with Gasteiger partial charge >= 0.3 is 0 Å². The van der Waals surface area contributed by atoms with Gasteiger partial charge in [-0.05, 0) is 60.7 Å². The monoisotopic (exact) mass is 321 g/mol. The van der Waals surface area contributed by atoms with E-state index in [1.54, 1.807) is 0 Å². The van der Waals surface area contributed by atoms with Crippen LogP contribution in [-0.2, 0) is 0 Å². The molecule has 0 bridgehead atoms. The van der Waals surface area contributed by atoms with Gasteiger partial charge in [0.25, 0.3) is 0 Å². The molecule has 0 spiro atoms. The molecular weight excluding hydrogens is 294 g/mol. The average Bonchev–Trinajstić information content (AvgIpc) is 2.87. The maximum absolute atomic E-state index is 5.05. The minimum Gasteiger partial charge on any atom is -0.279 e. The molecule has 3 heteroatoms. The van der Waals surface area contributed by atoms with Crippen molar-refractivity contribution >= 4 is 5.71 Å². The highest BCUT2D eigenvalue weighted by Crippen LogP contribution is 2.29. The lowest BCUT2D eigenvalue weighted by Crippen LogP contribution is -2.30. The summed E-state index contributed by atoms with van der Waals surface area (Å²) in [6, 6.07) is 10.8. The van der Waals surface area contributed by atoms with Gasteiger partial charge in [0.05, 0.1) is 5.71 Å². The van der Waals surface area contributed by atoms with Crippen molar-refractivity contribution in [2.45, 2.75) is 40.3 Å². The van der Waals surface area contributed by atoms with E-state index in [0.717, 1.165) is 13.0 Å². The lowest BCUT2D eigenvalue weighted by molar-refractivity contribution is 0.220. The minimum atomic E-state index is 0.281. The summed E-state index contributed by atoms with van der Waals surface area (Å²) < 4.78 is 0. The standard InChI is InChI=1S/C21H27N3/c1-15-6-7-17(16-8-10-22-11-9-16)12-18(15)19-14-24(5)20(23-19)13-21(2,3)4/h6-12,20H,13-14H2,1-5H3. The van der Waals surface area contributed by atoms with Crippen molar-refractivity contribution in [3.63, 3.8) is 0 Å². The molecular formula is C21H27N3. The van der Waals surface area contributed by atoms with E-state index in [0.29, 0.717) is 0 Å². The molecule has 1 aliphatic rings. The van der Waals surface area contributed by atoms with Gasteiger partial charge in [-0.1, -0.05) is 32.9 Å². The Morgan fingerprint density at radius 1 is 1.08 bits per heavy atom. The lowest BCUT2D eigenvalue weighted by Gasteiger charge is -2.25. The van der Waals surface area contributed by atoms with Crippen molar-refractivity contribution in [3.05, 3.63) is 53.9 Å². The average molecular weight is 321 g/mol. The second kappa shape index (κ2) is 6.48. The molecule has 0 N–H and O–H groups in total. The third-order valence-corrected chi connectivity index (χ3v) is 4.57. The number of pyridine rings is 1. The van der Waals surface area contributed by atoms with Crippen LogP contribution in [0.2, 0.25) is 0 Å². The summed E-state index contributed by atoms with van der Waals surface area (Å²) in [5.74, 6) is 0. The number of likely N-dealkylation sites (N-methyl/N-ethyl adjacent to an activating group) is 1. The van der Waals surface area contributed by atoms with E-state index in [4.69, 9.17) is 4.99 Å². The molecule has 24 heavy (non-hydrogen) atoms. The summed E-state index contributed by atoms with van der Waals surface area (Å²) in [6.45, 7) is 9.93. The molecule has 1 aliphatic heterocycles. The Morgan fingerprint density at radius 2 is 1.79 bits per heavy atom. The Kier molecular flexibility index (Phi) is 4.55. The van der Waals surface area contributed by atoms with Gasteiger partial charge in [0.2, 0.25) is 0 Å². The van der Waals surface area contributed by atoms with Gasteiger partial charge in [0, 0.05) is 24.5 Å². The Morgan fingerprint density at radius 3 is 2.46 bits per heavy atom. The second-order valence-electron chi connectivity index (χ2n) is 8.00. The van der Waals surface area contributed by atoms with Crippen molar-refractivity contribution in [3.8, 4) is 11.1 Å². The molecule has 3 nitrogen and oxygen atoms in total. The minimum absolute atomic E-state index is 0.281. The second-order valence-corrected chi connectivity index (χ2v) is 8.00. The van der Waals surface area contributed by atoms with Crippen LogP contribution in [0.1, 0.15) is 38.3 Å². The molecule has 1 unspecified atom stereocenters. The summed E-state index contributed by atoms with van der Waals surface area (Å²) in [4.78, 5) is 11.5. The first-order valence-corrected chi connectivity index (χ1v) is 8.62. The fraction of sp³-hybridized carbons (Fsp3) is 0.429. The van der Waals surface area contributed by atoms with E-state index < -0.39 is 0 Å². The SMILES string of the molecule is Cc1ccc(-c2ccncc2)cc1C1=NC(CC(C)(C)C)N(C)C1. The van der Waals surface area contributed by atoms with Gasteiger partial charge < -0.3 is 0 Å². The fourth-order valence-corrected chi connectivity index (χ4v) is 3.22. The van der Waals surface area contributed by atoms with E-state index in [1.165, 1.54) is 28.0 Å². The molecule has 2 heterocycles. The van der Waals surface area contributed by atoms with E-state index in [9.17, 15) is 0 Å². The zero-order valence-electron chi connectivity index (χ0n) is 15.4. The first kappa shape index (κ1) is 16.8. The Labute approximate surface area is 145 Å². The van der Waals surface area contributed by atoms with Crippen LogP contribution in [0.5, 0.6) is 0 Å². The van der Waals surface area contributed by atoms with Crippen molar-refractivity contribution in [1.29, 1.82) is 0 Å². The van der Waals surface area contributed by atoms with Crippen LogP contribution >= 0.6 is 0 Å². The summed E-state index contributed by atoms with van der Waals surface area (Å²) in [5.41, 5.74) is 6.47. The molecule has 0 radical (unpaired) electrons. The molecule has 0 saturated heterocycles. The molecule has 0 saturated carbocycles. The molecule has 0 aliphatic carbocycles. The van der Waals surface area contributed by atoms with E-state index in [-0.39, 0.29) is 11.6 Å². The van der Waals surface area contributed by atoms with Gasteiger partial charge in [-0.25, -0.2) is 0 Å². The summed E-state index contributed by atoms with van der Waals surface area (Å²) in [7, 11) is 2.18. The zero-order chi connectivity index (χ0) is 17.3. The van der Waals surface area contributed by atoms with E-state index in [1.807, 2.05) is 12.4 Å². The number of hydrogen-bond acceptors (Lipinski definition) is 3.